The van der Waals surface area contributed by atoms with Crippen molar-refractivity contribution in [2.24, 2.45) is 5.92 Å². The van der Waals surface area contributed by atoms with Gasteiger partial charge in [0, 0.05) is 34.1 Å². The first-order chi connectivity index (χ1) is 8.61. The van der Waals surface area contributed by atoms with Gasteiger partial charge in [0.05, 0.1) is 6.61 Å². The lowest BCUT2D eigenvalue weighted by molar-refractivity contribution is 0.318. The summed E-state index contributed by atoms with van der Waals surface area (Å²) >= 11 is 0. The molecule has 4 heteroatoms. The van der Waals surface area contributed by atoms with Crippen molar-refractivity contribution in [1.29, 1.82) is 0 Å². The van der Waals surface area contributed by atoms with Crippen molar-refractivity contribution in [1.82, 2.24) is 0 Å². The van der Waals surface area contributed by atoms with Gasteiger partial charge in [0.15, 0.2) is 0 Å². The topological polar surface area (TPSA) is 52.3 Å². The van der Waals surface area contributed by atoms with E-state index in [0.717, 1.165) is 24.3 Å². The Hall–Kier alpha value is -1.03. The van der Waals surface area contributed by atoms with Crippen molar-refractivity contribution in [3.05, 3.63) is 24.3 Å². The van der Waals surface area contributed by atoms with Crippen LogP contribution in [-0.4, -0.2) is 22.3 Å². The Morgan fingerprint density at radius 1 is 1.44 bits per heavy atom. The number of benzene rings is 1. The Morgan fingerprint density at radius 2 is 2.22 bits per heavy atom. The van der Waals surface area contributed by atoms with E-state index in [2.05, 4.69) is 13.8 Å². The summed E-state index contributed by atoms with van der Waals surface area (Å²) in [5.41, 5.74) is 6.35. The quantitative estimate of drug-likeness (QED) is 0.583. The molecule has 0 heterocycles. The van der Waals surface area contributed by atoms with Gasteiger partial charge in [0.25, 0.3) is 0 Å². The highest BCUT2D eigenvalue weighted by atomic mass is 32.2. The summed E-state index contributed by atoms with van der Waals surface area (Å²) in [6.07, 6.45) is 1.91. The number of nitrogens with two attached hydrogens (primary N) is 1. The third-order valence-electron chi connectivity index (χ3n) is 2.81. The Balaban J connectivity index is 2.17. The zero-order chi connectivity index (χ0) is 13.4. The van der Waals surface area contributed by atoms with Gasteiger partial charge in [0.1, 0.15) is 5.75 Å². The second-order valence-corrected chi connectivity index (χ2v) is 6.22. The maximum absolute atomic E-state index is 11.7. The molecule has 0 aliphatic rings. The molecule has 0 bridgehead atoms. The van der Waals surface area contributed by atoms with Gasteiger partial charge in [-0.05, 0) is 24.5 Å². The van der Waals surface area contributed by atoms with Crippen molar-refractivity contribution in [3.63, 3.8) is 0 Å². The third kappa shape index (κ3) is 6.05. The van der Waals surface area contributed by atoms with Crippen LogP contribution >= 0.6 is 0 Å². The van der Waals surface area contributed by atoms with Gasteiger partial charge in [-0.1, -0.05) is 26.3 Å². The molecule has 0 saturated heterocycles. The predicted molar refractivity (Wildman–Crippen MR) is 78.3 cm³/mol. The van der Waals surface area contributed by atoms with Crippen molar-refractivity contribution in [2.75, 3.05) is 23.8 Å². The summed E-state index contributed by atoms with van der Waals surface area (Å²) in [5, 5.41) is 0. The largest absolute Gasteiger partial charge is 0.493 e. The molecule has 1 aromatic rings. The highest BCUT2D eigenvalue weighted by molar-refractivity contribution is 7.84. The molecule has 0 radical (unpaired) electrons. The molecular weight excluding hydrogens is 246 g/mol. The number of rotatable bonds is 8. The molecule has 2 N–H and O–H groups in total. The number of hydrogen-bond acceptors (Lipinski definition) is 3. The van der Waals surface area contributed by atoms with E-state index in [1.165, 1.54) is 0 Å². The van der Waals surface area contributed by atoms with Crippen LogP contribution in [0.3, 0.4) is 0 Å². The fourth-order valence-corrected chi connectivity index (χ4v) is 3.01. The number of nitrogen functional groups attached to an aromatic ring is 1. The van der Waals surface area contributed by atoms with Crippen molar-refractivity contribution < 1.29 is 8.95 Å². The molecule has 1 aromatic carbocycles. The van der Waals surface area contributed by atoms with E-state index in [1.54, 1.807) is 6.07 Å². The zero-order valence-electron chi connectivity index (χ0n) is 11.2. The molecule has 0 aromatic heterocycles. The normalized spacial score (nSPS) is 14.1. The number of ether oxygens (including phenoxy) is 1. The summed E-state index contributed by atoms with van der Waals surface area (Å²) < 4.78 is 17.3. The zero-order valence-corrected chi connectivity index (χ0v) is 12.0. The van der Waals surface area contributed by atoms with Crippen LogP contribution < -0.4 is 10.5 Å². The van der Waals surface area contributed by atoms with Crippen LogP contribution in [-0.2, 0) is 10.8 Å². The standard InChI is InChI=1S/C14H23NO2S/c1-3-12(2)11-18(16)9-5-8-17-14-7-4-6-13(15)10-14/h4,6-7,10,12H,3,5,8-9,11,15H2,1-2H3. The van der Waals surface area contributed by atoms with Gasteiger partial charge >= 0.3 is 0 Å². The summed E-state index contributed by atoms with van der Waals surface area (Å²) in [5.74, 6) is 2.84. The molecule has 0 saturated carbocycles. The minimum atomic E-state index is -0.717. The highest BCUT2D eigenvalue weighted by Gasteiger charge is 2.05. The second kappa shape index (κ2) is 8.14. The van der Waals surface area contributed by atoms with E-state index < -0.39 is 10.8 Å². The van der Waals surface area contributed by atoms with Crippen LogP contribution in [0.4, 0.5) is 5.69 Å². The van der Waals surface area contributed by atoms with E-state index in [1.807, 2.05) is 18.2 Å². The number of anilines is 1. The molecule has 0 amide bonds. The van der Waals surface area contributed by atoms with Crippen LogP contribution in [0.25, 0.3) is 0 Å². The Bertz CT molecular complexity index is 382. The second-order valence-electron chi connectivity index (χ2n) is 4.60. The molecule has 0 fully saturated rings. The molecule has 1 rings (SSSR count). The predicted octanol–water partition coefficient (Wildman–Crippen LogP) is 2.83. The molecule has 3 nitrogen and oxygen atoms in total. The van der Waals surface area contributed by atoms with E-state index in [9.17, 15) is 4.21 Å². The van der Waals surface area contributed by atoms with Crippen LogP contribution in [0.15, 0.2) is 24.3 Å². The fourth-order valence-electron chi connectivity index (χ4n) is 1.53. The Morgan fingerprint density at radius 3 is 2.89 bits per heavy atom. The molecule has 2 atom stereocenters. The van der Waals surface area contributed by atoms with Crippen LogP contribution in [0.5, 0.6) is 5.75 Å². The van der Waals surface area contributed by atoms with Crippen molar-refractivity contribution in [3.8, 4) is 5.75 Å². The van der Waals surface area contributed by atoms with E-state index in [0.29, 0.717) is 24.0 Å². The first-order valence-electron chi connectivity index (χ1n) is 6.45. The Labute approximate surface area is 112 Å². The average molecular weight is 269 g/mol. The molecule has 18 heavy (non-hydrogen) atoms. The minimum Gasteiger partial charge on any atom is -0.493 e. The molecule has 0 spiro atoms. The lowest BCUT2D eigenvalue weighted by atomic mass is 10.2. The summed E-state index contributed by atoms with van der Waals surface area (Å²) in [6.45, 7) is 4.86. The lowest BCUT2D eigenvalue weighted by Gasteiger charge is -2.09. The van der Waals surface area contributed by atoms with Gasteiger partial charge in [-0.3, -0.25) is 4.21 Å². The molecule has 0 aliphatic heterocycles. The first kappa shape index (κ1) is 15.0. The Kier molecular flexibility index (Phi) is 6.80. The minimum absolute atomic E-state index is 0.542. The molecular formula is C14H23NO2S. The summed E-state index contributed by atoms with van der Waals surface area (Å²) in [4.78, 5) is 0. The van der Waals surface area contributed by atoms with Gasteiger partial charge in [0.2, 0.25) is 0 Å². The third-order valence-corrected chi connectivity index (χ3v) is 4.50. The van der Waals surface area contributed by atoms with Gasteiger partial charge in [-0.25, -0.2) is 0 Å². The smallest absolute Gasteiger partial charge is 0.121 e. The van der Waals surface area contributed by atoms with Crippen LogP contribution in [0.2, 0.25) is 0 Å². The SMILES string of the molecule is CCC(C)CS(=O)CCCOc1cccc(N)c1. The maximum atomic E-state index is 11.7. The summed E-state index contributed by atoms with van der Waals surface area (Å²) in [7, 11) is -0.717. The van der Waals surface area contributed by atoms with Crippen LogP contribution in [0.1, 0.15) is 26.7 Å². The molecule has 2 unspecified atom stereocenters. The van der Waals surface area contributed by atoms with Gasteiger partial charge in [-0.15, -0.1) is 0 Å². The maximum Gasteiger partial charge on any atom is 0.121 e. The lowest BCUT2D eigenvalue weighted by Crippen LogP contribution is -2.12. The number of hydrogen-bond donors (Lipinski definition) is 1. The van der Waals surface area contributed by atoms with E-state index in [-0.39, 0.29) is 0 Å². The van der Waals surface area contributed by atoms with E-state index >= 15 is 0 Å². The highest BCUT2D eigenvalue weighted by Crippen LogP contribution is 2.14. The van der Waals surface area contributed by atoms with E-state index in [4.69, 9.17) is 10.5 Å². The fraction of sp³-hybridized carbons (Fsp3) is 0.571. The van der Waals surface area contributed by atoms with Gasteiger partial charge < -0.3 is 10.5 Å². The average Bonchev–Trinajstić information content (AvgIpc) is 2.34. The summed E-state index contributed by atoms with van der Waals surface area (Å²) in [6, 6.07) is 7.38. The first-order valence-corrected chi connectivity index (χ1v) is 7.94. The molecule has 102 valence electrons. The van der Waals surface area contributed by atoms with Crippen LogP contribution in [0, 0.1) is 5.92 Å². The monoisotopic (exact) mass is 269 g/mol. The van der Waals surface area contributed by atoms with Crippen molar-refractivity contribution >= 4 is 16.5 Å². The molecule has 0 aliphatic carbocycles. The van der Waals surface area contributed by atoms with Gasteiger partial charge in [-0.2, -0.15) is 0 Å². The van der Waals surface area contributed by atoms with Crippen molar-refractivity contribution in [2.45, 2.75) is 26.7 Å².